The van der Waals surface area contributed by atoms with Gasteiger partial charge in [0.15, 0.2) is 5.67 Å². The number of allylic oxidation sites excluding steroid dienone is 1. The molecule has 3 nitrogen and oxygen atoms in total. The van der Waals surface area contributed by atoms with Crippen LogP contribution in [0.1, 0.15) is 30.7 Å². The van der Waals surface area contributed by atoms with Gasteiger partial charge in [-0.25, -0.2) is 4.39 Å². The quantitative estimate of drug-likeness (QED) is 0.625. The summed E-state index contributed by atoms with van der Waals surface area (Å²) < 4.78 is 19.3. The van der Waals surface area contributed by atoms with Crippen molar-refractivity contribution in [2.75, 3.05) is 0 Å². The van der Waals surface area contributed by atoms with Crippen molar-refractivity contribution in [3.8, 4) is 6.07 Å². The lowest BCUT2D eigenvalue weighted by molar-refractivity contribution is -0.124. The zero-order valence-corrected chi connectivity index (χ0v) is 12.5. The molecule has 0 saturated carbocycles. The summed E-state index contributed by atoms with van der Waals surface area (Å²) in [4.78, 5) is 11.8. The third kappa shape index (κ3) is 3.03. The maximum atomic E-state index is 13.7. The van der Waals surface area contributed by atoms with Crippen LogP contribution in [0.5, 0.6) is 0 Å². The average Bonchev–Trinajstić information content (AvgIpc) is 2.76. The van der Waals surface area contributed by atoms with E-state index in [1.807, 2.05) is 26.0 Å². The fourth-order valence-electron chi connectivity index (χ4n) is 2.01. The number of hydrogen-bond donors (Lipinski definition) is 0. The van der Waals surface area contributed by atoms with Gasteiger partial charge in [0.05, 0.1) is 0 Å². The molecule has 0 aliphatic rings. The van der Waals surface area contributed by atoms with Crippen LogP contribution in [0.3, 0.4) is 0 Å². The number of aryl methyl sites for hydroxylation is 2. The van der Waals surface area contributed by atoms with E-state index in [2.05, 4.69) is 0 Å². The molecule has 0 bridgehead atoms. The molecule has 2 aromatic rings. The molecule has 0 N–H and O–H groups in total. The Balaban J connectivity index is 2.49. The van der Waals surface area contributed by atoms with Gasteiger partial charge >= 0.3 is 0 Å². The lowest BCUT2D eigenvalue weighted by Gasteiger charge is -2.10. The Morgan fingerprint density at radius 3 is 2.48 bits per heavy atom. The first-order chi connectivity index (χ1) is 9.72. The van der Waals surface area contributed by atoms with Crippen LogP contribution in [0.15, 0.2) is 28.2 Å². The van der Waals surface area contributed by atoms with E-state index in [4.69, 9.17) is 9.68 Å². The van der Waals surface area contributed by atoms with Crippen LogP contribution in [-0.2, 0) is 4.79 Å². The summed E-state index contributed by atoms with van der Waals surface area (Å²) in [5.41, 5.74) is 0.554. The number of furan rings is 1. The number of alkyl halides is 1. The molecular weight excluding hydrogens is 269 g/mol. The number of hydrogen-bond acceptors (Lipinski definition) is 3. The summed E-state index contributed by atoms with van der Waals surface area (Å²) in [6.45, 7) is 6.23. The predicted molar refractivity (Wildman–Crippen MR) is 79.5 cm³/mol. The summed E-state index contributed by atoms with van der Waals surface area (Å²) >= 11 is 0. The van der Waals surface area contributed by atoms with Crippen molar-refractivity contribution in [1.82, 2.24) is 0 Å². The summed E-state index contributed by atoms with van der Waals surface area (Å²) in [5.74, 6) is -0.484. The van der Waals surface area contributed by atoms with Crippen LogP contribution in [0, 0.1) is 25.2 Å². The summed E-state index contributed by atoms with van der Waals surface area (Å²) in [5, 5.41) is 9.92. The summed E-state index contributed by atoms with van der Waals surface area (Å²) in [7, 11) is 0. The number of nitrogens with zero attached hydrogens (tertiary/aromatic N) is 1. The Morgan fingerprint density at radius 1 is 1.29 bits per heavy atom. The van der Waals surface area contributed by atoms with E-state index in [1.54, 1.807) is 12.1 Å². The first kappa shape index (κ1) is 15.0. The minimum absolute atomic E-state index is 0.255. The smallest absolute Gasteiger partial charge is 0.210 e. The average molecular weight is 285 g/mol. The Kier molecular flexibility index (Phi) is 3.69. The molecule has 1 heterocycles. The molecule has 0 radical (unpaired) electrons. The molecule has 0 aliphatic carbocycles. The van der Waals surface area contributed by atoms with Gasteiger partial charge in [-0.3, -0.25) is 4.79 Å². The van der Waals surface area contributed by atoms with Crippen molar-refractivity contribution in [3.63, 3.8) is 0 Å². The van der Waals surface area contributed by atoms with Gasteiger partial charge in [0.1, 0.15) is 23.0 Å². The molecule has 4 heteroatoms. The molecule has 0 aliphatic heterocycles. The van der Waals surface area contributed by atoms with Crippen LogP contribution in [-0.4, -0.2) is 11.5 Å². The molecule has 0 amide bonds. The van der Waals surface area contributed by atoms with E-state index in [-0.39, 0.29) is 5.57 Å². The van der Waals surface area contributed by atoms with Crippen LogP contribution in [0.4, 0.5) is 4.39 Å². The van der Waals surface area contributed by atoms with Gasteiger partial charge in [-0.05, 0) is 57.0 Å². The summed E-state index contributed by atoms with van der Waals surface area (Å²) in [6.07, 6.45) is 1.29. The van der Waals surface area contributed by atoms with Gasteiger partial charge in [0, 0.05) is 11.5 Å². The molecule has 2 rings (SSSR count). The SMILES string of the molecule is Cc1cc2cc(/C=C(\C#N)C(=O)C(C)(C)F)oc2cc1C. The van der Waals surface area contributed by atoms with Crippen LogP contribution >= 0.6 is 0 Å². The number of carbonyl (C=O) groups is 1. The Labute approximate surface area is 122 Å². The topological polar surface area (TPSA) is 54.0 Å². The lowest BCUT2D eigenvalue weighted by atomic mass is 9.98. The Morgan fingerprint density at radius 2 is 1.90 bits per heavy atom. The van der Waals surface area contributed by atoms with Crippen molar-refractivity contribution in [1.29, 1.82) is 5.26 Å². The first-order valence-electron chi connectivity index (χ1n) is 6.58. The zero-order chi connectivity index (χ0) is 15.8. The molecule has 0 spiro atoms. The fraction of sp³-hybridized carbons (Fsp3) is 0.294. The van der Waals surface area contributed by atoms with Crippen molar-refractivity contribution < 1.29 is 13.6 Å². The fourth-order valence-corrected chi connectivity index (χ4v) is 2.01. The minimum atomic E-state index is -2.08. The number of carbonyl (C=O) groups excluding carboxylic acids is 1. The molecule has 0 fully saturated rings. The van der Waals surface area contributed by atoms with Crippen molar-refractivity contribution in [2.45, 2.75) is 33.4 Å². The van der Waals surface area contributed by atoms with Crippen LogP contribution in [0.2, 0.25) is 0 Å². The largest absolute Gasteiger partial charge is 0.457 e. The second-order valence-electron chi connectivity index (χ2n) is 5.59. The third-order valence-corrected chi connectivity index (χ3v) is 3.34. The molecule has 1 aromatic heterocycles. The van der Waals surface area contributed by atoms with Crippen molar-refractivity contribution in [2.24, 2.45) is 0 Å². The van der Waals surface area contributed by atoms with E-state index in [0.717, 1.165) is 30.4 Å². The first-order valence-corrected chi connectivity index (χ1v) is 6.58. The monoisotopic (exact) mass is 285 g/mol. The zero-order valence-electron chi connectivity index (χ0n) is 12.5. The number of benzene rings is 1. The van der Waals surface area contributed by atoms with Gasteiger partial charge < -0.3 is 4.42 Å². The van der Waals surface area contributed by atoms with E-state index < -0.39 is 11.5 Å². The van der Waals surface area contributed by atoms with E-state index in [0.29, 0.717) is 11.3 Å². The van der Waals surface area contributed by atoms with Gasteiger partial charge in [0.2, 0.25) is 5.78 Å². The highest BCUT2D eigenvalue weighted by atomic mass is 19.1. The molecular formula is C17H16FNO2. The predicted octanol–water partition coefficient (Wildman–Crippen LogP) is 4.27. The number of nitriles is 1. The number of ketones is 1. The summed E-state index contributed by atoms with van der Waals surface area (Å²) in [6, 6.07) is 7.34. The normalized spacial score (nSPS) is 12.5. The molecule has 21 heavy (non-hydrogen) atoms. The highest BCUT2D eigenvalue weighted by Gasteiger charge is 2.30. The van der Waals surface area contributed by atoms with Crippen LogP contribution in [0.25, 0.3) is 17.0 Å². The highest BCUT2D eigenvalue weighted by molar-refractivity contribution is 6.07. The third-order valence-electron chi connectivity index (χ3n) is 3.34. The molecule has 0 unspecified atom stereocenters. The number of rotatable bonds is 3. The standard InChI is InChI=1S/C17H16FNO2/c1-10-5-12-7-14(21-15(12)6-11(10)2)8-13(9-19)16(20)17(3,4)18/h5-8H,1-4H3/b13-8+. The molecule has 0 atom stereocenters. The maximum Gasteiger partial charge on any atom is 0.210 e. The maximum absolute atomic E-state index is 13.7. The second kappa shape index (κ2) is 5.17. The number of fused-ring (bicyclic) bond motifs is 1. The Hall–Kier alpha value is -2.41. The van der Waals surface area contributed by atoms with Crippen molar-refractivity contribution >= 4 is 22.8 Å². The lowest BCUT2D eigenvalue weighted by Crippen LogP contribution is -2.27. The van der Waals surface area contributed by atoms with Crippen LogP contribution < -0.4 is 0 Å². The van der Waals surface area contributed by atoms with Gasteiger partial charge in [-0.1, -0.05) is 0 Å². The molecule has 1 aromatic carbocycles. The van der Waals surface area contributed by atoms with E-state index >= 15 is 0 Å². The minimum Gasteiger partial charge on any atom is -0.457 e. The van der Waals surface area contributed by atoms with Crippen molar-refractivity contribution in [3.05, 3.63) is 40.7 Å². The van der Waals surface area contributed by atoms with Gasteiger partial charge in [-0.2, -0.15) is 5.26 Å². The number of halogens is 1. The highest BCUT2D eigenvalue weighted by Crippen LogP contribution is 2.25. The van der Waals surface area contributed by atoms with Gasteiger partial charge in [-0.15, -0.1) is 0 Å². The van der Waals surface area contributed by atoms with E-state index in [9.17, 15) is 9.18 Å². The molecule has 108 valence electrons. The Bertz CT molecular complexity index is 746. The van der Waals surface area contributed by atoms with E-state index in [1.165, 1.54) is 6.08 Å². The van der Waals surface area contributed by atoms with Gasteiger partial charge in [0.25, 0.3) is 0 Å². The second-order valence-corrected chi connectivity index (χ2v) is 5.59. The number of Topliss-reactive ketones (excluding diaryl/α,β-unsaturated/α-hetero) is 1. The molecule has 0 saturated heterocycles.